The molecule has 0 aliphatic carbocycles. The van der Waals surface area contributed by atoms with Gasteiger partial charge in [0.2, 0.25) is 0 Å². The highest BCUT2D eigenvalue weighted by atomic mass is 15.4. The third kappa shape index (κ3) is 2.13. The first-order chi connectivity index (χ1) is 7.29. The van der Waals surface area contributed by atoms with Gasteiger partial charge in [-0.05, 0) is 13.0 Å². The third-order valence-corrected chi connectivity index (χ3v) is 2.17. The smallest absolute Gasteiger partial charge is 0.113 e. The first-order valence-electron chi connectivity index (χ1n) is 4.87. The first-order valence-corrected chi connectivity index (χ1v) is 4.87. The van der Waals surface area contributed by atoms with Crippen molar-refractivity contribution >= 4 is 0 Å². The molecule has 0 radical (unpaired) electrons. The molecule has 0 fully saturated rings. The van der Waals surface area contributed by atoms with Gasteiger partial charge in [0.25, 0.3) is 0 Å². The van der Waals surface area contributed by atoms with Crippen molar-refractivity contribution < 1.29 is 0 Å². The number of aromatic nitrogens is 3. The molecular weight excluding hydrogens is 186 g/mol. The van der Waals surface area contributed by atoms with Crippen LogP contribution in [0, 0.1) is 6.92 Å². The van der Waals surface area contributed by atoms with Crippen LogP contribution in [-0.4, -0.2) is 15.0 Å². The van der Waals surface area contributed by atoms with E-state index in [0.717, 1.165) is 11.3 Å². The predicted molar refractivity (Wildman–Crippen MR) is 60.4 cm³/mol. The molecule has 0 saturated carbocycles. The van der Waals surface area contributed by atoms with Crippen LogP contribution >= 0.6 is 0 Å². The van der Waals surface area contributed by atoms with Gasteiger partial charge in [-0.3, -0.25) is 0 Å². The van der Waals surface area contributed by atoms with Gasteiger partial charge in [-0.25, -0.2) is 4.68 Å². The molecule has 0 saturated heterocycles. The molecule has 0 atom stereocenters. The van der Waals surface area contributed by atoms with E-state index in [-0.39, 0.29) is 0 Å². The van der Waals surface area contributed by atoms with E-state index in [2.05, 4.69) is 35.9 Å². The minimum Gasteiger partial charge on any atom is -0.248 e. The van der Waals surface area contributed by atoms with Crippen LogP contribution in [0.25, 0.3) is 11.3 Å². The minimum atomic E-state index is 0.693. The molecule has 0 spiro atoms. The van der Waals surface area contributed by atoms with Crippen molar-refractivity contribution in [1.29, 1.82) is 0 Å². The summed E-state index contributed by atoms with van der Waals surface area (Å²) >= 11 is 0. The fraction of sp³-hybridized carbons (Fsp3) is 0.167. The molecule has 0 amide bonds. The van der Waals surface area contributed by atoms with Crippen LogP contribution in [0.5, 0.6) is 0 Å². The van der Waals surface area contributed by atoms with E-state index in [1.165, 1.54) is 5.56 Å². The lowest BCUT2D eigenvalue weighted by atomic mass is 10.1. The average molecular weight is 199 g/mol. The number of rotatable bonds is 3. The van der Waals surface area contributed by atoms with Crippen LogP contribution in [0.2, 0.25) is 0 Å². The second-order valence-electron chi connectivity index (χ2n) is 3.48. The molecule has 2 rings (SSSR count). The molecule has 1 heterocycles. The van der Waals surface area contributed by atoms with E-state index in [9.17, 15) is 0 Å². The Balaban J connectivity index is 2.32. The van der Waals surface area contributed by atoms with E-state index in [4.69, 9.17) is 0 Å². The van der Waals surface area contributed by atoms with Gasteiger partial charge in [-0.15, -0.1) is 11.7 Å². The summed E-state index contributed by atoms with van der Waals surface area (Å²) in [5.74, 6) is 0. The van der Waals surface area contributed by atoms with Crippen molar-refractivity contribution in [3.8, 4) is 11.3 Å². The van der Waals surface area contributed by atoms with Gasteiger partial charge in [-0.2, -0.15) is 0 Å². The molecule has 0 unspecified atom stereocenters. The molecule has 0 aliphatic rings. The van der Waals surface area contributed by atoms with Gasteiger partial charge in [0.05, 0.1) is 12.7 Å². The summed E-state index contributed by atoms with van der Waals surface area (Å²) in [7, 11) is 0. The Morgan fingerprint density at radius 2 is 2.33 bits per heavy atom. The predicted octanol–water partition coefficient (Wildman–Crippen LogP) is 2.44. The second-order valence-corrected chi connectivity index (χ2v) is 3.48. The highest BCUT2D eigenvalue weighted by Gasteiger charge is 2.02. The Morgan fingerprint density at radius 1 is 1.47 bits per heavy atom. The number of allylic oxidation sites excluding steroid dienone is 1. The first kappa shape index (κ1) is 9.65. The van der Waals surface area contributed by atoms with Gasteiger partial charge in [0, 0.05) is 5.56 Å². The molecule has 15 heavy (non-hydrogen) atoms. The van der Waals surface area contributed by atoms with Crippen LogP contribution in [0.4, 0.5) is 0 Å². The largest absolute Gasteiger partial charge is 0.248 e. The number of aryl methyl sites for hydroxylation is 1. The average Bonchev–Trinajstić information content (AvgIpc) is 2.67. The van der Waals surface area contributed by atoms with Crippen molar-refractivity contribution in [3.05, 3.63) is 48.7 Å². The van der Waals surface area contributed by atoms with Crippen LogP contribution in [0.3, 0.4) is 0 Å². The Bertz CT molecular complexity index is 471. The van der Waals surface area contributed by atoms with Gasteiger partial charge in [-0.1, -0.05) is 35.1 Å². The van der Waals surface area contributed by atoms with Gasteiger partial charge < -0.3 is 0 Å². The third-order valence-electron chi connectivity index (χ3n) is 2.17. The van der Waals surface area contributed by atoms with Gasteiger partial charge >= 0.3 is 0 Å². The SMILES string of the molecule is C=CCn1cc(-c2cccc(C)c2)nn1. The van der Waals surface area contributed by atoms with Crippen LogP contribution in [0.15, 0.2) is 43.1 Å². The van der Waals surface area contributed by atoms with E-state index in [1.807, 2.05) is 18.3 Å². The lowest BCUT2D eigenvalue weighted by Gasteiger charge is -1.96. The molecule has 1 aromatic carbocycles. The molecule has 3 nitrogen and oxygen atoms in total. The molecule has 76 valence electrons. The molecule has 3 heteroatoms. The molecule has 1 aromatic heterocycles. The van der Waals surface area contributed by atoms with Gasteiger partial charge in [0.15, 0.2) is 0 Å². The van der Waals surface area contributed by atoms with Crippen molar-refractivity contribution in [3.63, 3.8) is 0 Å². The summed E-state index contributed by atoms with van der Waals surface area (Å²) in [5.41, 5.74) is 3.23. The molecule has 0 N–H and O–H groups in total. The Hall–Kier alpha value is -1.90. The lowest BCUT2D eigenvalue weighted by Crippen LogP contribution is -1.94. The zero-order chi connectivity index (χ0) is 10.7. The summed E-state index contributed by atoms with van der Waals surface area (Å²) in [6.07, 6.45) is 3.73. The summed E-state index contributed by atoms with van der Waals surface area (Å²) in [6.45, 7) is 6.42. The van der Waals surface area contributed by atoms with Crippen molar-refractivity contribution in [2.75, 3.05) is 0 Å². The van der Waals surface area contributed by atoms with Crippen LogP contribution in [-0.2, 0) is 6.54 Å². The summed E-state index contributed by atoms with van der Waals surface area (Å²) in [5, 5.41) is 8.12. The highest BCUT2D eigenvalue weighted by molar-refractivity contribution is 5.58. The van der Waals surface area contributed by atoms with Crippen molar-refractivity contribution in [2.45, 2.75) is 13.5 Å². The van der Waals surface area contributed by atoms with E-state index in [1.54, 1.807) is 10.8 Å². The number of hydrogen-bond donors (Lipinski definition) is 0. The second kappa shape index (κ2) is 4.09. The summed E-state index contributed by atoms with van der Waals surface area (Å²) < 4.78 is 1.77. The quantitative estimate of drug-likeness (QED) is 0.711. The number of hydrogen-bond acceptors (Lipinski definition) is 2. The fourth-order valence-corrected chi connectivity index (χ4v) is 1.46. The molecular formula is C12H13N3. The fourth-order valence-electron chi connectivity index (χ4n) is 1.46. The Morgan fingerprint density at radius 3 is 3.07 bits per heavy atom. The maximum absolute atomic E-state index is 4.11. The molecule has 0 aliphatic heterocycles. The topological polar surface area (TPSA) is 30.7 Å². The maximum atomic E-state index is 4.11. The molecule has 2 aromatic rings. The number of benzene rings is 1. The molecule has 0 bridgehead atoms. The normalized spacial score (nSPS) is 10.2. The maximum Gasteiger partial charge on any atom is 0.113 e. The van der Waals surface area contributed by atoms with E-state index < -0.39 is 0 Å². The van der Waals surface area contributed by atoms with Crippen molar-refractivity contribution in [2.24, 2.45) is 0 Å². The van der Waals surface area contributed by atoms with E-state index >= 15 is 0 Å². The Kier molecular flexibility index (Phi) is 2.63. The zero-order valence-electron chi connectivity index (χ0n) is 8.72. The Labute approximate surface area is 89.1 Å². The van der Waals surface area contributed by atoms with Gasteiger partial charge in [0.1, 0.15) is 5.69 Å². The minimum absolute atomic E-state index is 0.693. The summed E-state index contributed by atoms with van der Waals surface area (Å²) in [6, 6.07) is 8.23. The standard InChI is InChI=1S/C12H13N3/c1-3-7-15-9-12(13-14-15)11-6-4-5-10(2)8-11/h3-6,8-9H,1,7H2,2H3. The monoisotopic (exact) mass is 199 g/mol. The lowest BCUT2D eigenvalue weighted by molar-refractivity contribution is 0.662. The number of nitrogens with zero attached hydrogens (tertiary/aromatic N) is 3. The summed E-state index contributed by atoms with van der Waals surface area (Å²) in [4.78, 5) is 0. The van der Waals surface area contributed by atoms with Crippen LogP contribution in [0.1, 0.15) is 5.56 Å². The van der Waals surface area contributed by atoms with Crippen molar-refractivity contribution in [1.82, 2.24) is 15.0 Å². The van der Waals surface area contributed by atoms with Crippen LogP contribution < -0.4 is 0 Å². The highest BCUT2D eigenvalue weighted by Crippen LogP contribution is 2.16. The van der Waals surface area contributed by atoms with E-state index in [0.29, 0.717) is 6.54 Å². The zero-order valence-corrected chi connectivity index (χ0v) is 8.72.